The summed E-state index contributed by atoms with van der Waals surface area (Å²) in [6, 6.07) is 18.0. The van der Waals surface area contributed by atoms with Gasteiger partial charge in [-0.15, -0.1) is 0 Å². The van der Waals surface area contributed by atoms with Crippen LogP contribution in [-0.2, 0) is 4.79 Å². The third-order valence-corrected chi connectivity index (χ3v) is 5.13. The van der Waals surface area contributed by atoms with Crippen LogP contribution in [-0.4, -0.2) is 17.9 Å². The Morgan fingerprint density at radius 2 is 1.68 bits per heavy atom. The average Bonchev–Trinajstić information content (AvgIpc) is 3.32. The van der Waals surface area contributed by atoms with Gasteiger partial charge in [0.05, 0.1) is 6.26 Å². The Balaban J connectivity index is 1.68. The second-order valence-corrected chi connectivity index (χ2v) is 7.36. The molecule has 0 radical (unpaired) electrons. The summed E-state index contributed by atoms with van der Waals surface area (Å²) in [6.07, 6.45) is 2.32. The van der Waals surface area contributed by atoms with E-state index in [-0.39, 0.29) is 17.6 Å². The molecule has 2 N–H and O–H groups in total. The molecule has 3 aromatic rings. The van der Waals surface area contributed by atoms with E-state index in [0.717, 1.165) is 17.7 Å². The molecule has 2 unspecified atom stereocenters. The number of para-hydroxylation sites is 1. The van der Waals surface area contributed by atoms with Crippen LogP contribution in [0.2, 0.25) is 0 Å². The minimum absolute atomic E-state index is 0.217. The first-order chi connectivity index (χ1) is 15.0. The van der Waals surface area contributed by atoms with Crippen molar-refractivity contribution in [2.75, 3.05) is 10.6 Å². The van der Waals surface area contributed by atoms with Crippen molar-refractivity contribution in [3.05, 3.63) is 78.3 Å². The number of hydrogen-bond acceptors (Lipinski definition) is 4. The highest BCUT2D eigenvalue weighted by molar-refractivity contribution is 6.03. The Hall–Kier alpha value is -3.54. The zero-order chi connectivity index (χ0) is 22.2. The largest absolute Gasteiger partial charge is 0.480 e. The van der Waals surface area contributed by atoms with E-state index < -0.39 is 6.10 Å². The van der Waals surface area contributed by atoms with Crippen LogP contribution < -0.4 is 15.4 Å². The van der Waals surface area contributed by atoms with Crippen molar-refractivity contribution >= 4 is 23.2 Å². The van der Waals surface area contributed by atoms with Crippen molar-refractivity contribution in [1.29, 1.82) is 0 Å². The number of carbonyl (C=O) groups excluding carboxylic acids is 2. The Kier molecular flexibility index (Phi) is 7.49. The zero-order valence-corrected chi connectivity index (χ0v) is 18.1. The van der Waals surface area contributed by atoms with Crippen molar-refractivity contribution in [2.24, 2.45) is 0 Å². The summed E-state index contributed by atoms with van der Waals surface area (Å²) in [5.74, 6) is 0.694. The minimum Gasteiger partial charge on any atom is -0.480 e. The first-order valence-corrected chi connectivity index (χ1v) is 10.5. The van der Waals surface area contributed by atoms with Crippen LogP contribution in [0.5, 0.6) is 5.75 Å². The van der Waals surface area contributed by atoms with E-state index in [1.54, 1.807) is 36.4 Å². The smallest absolute Gasteiger partial charge is 0.291 e. The van der Waals surface area contributed by atoms with Crippen LogP contribution in [0.1, 0.15) is 55.6 Å². The third kappa shape index (κ3) is 5.75. The normalized spacial score (nSPS) is 12.6. The van der Waals surface area contributed by atoms with Crippen molar-refractivity contribution in [3.63, 3.8) is 0 Å². The molecule has 2 aromatic carbocycles. The van der Waals surface area contributed by atoms with Gasteiger partial charge < -0.3 is 19.8 Å². The van der Waals surface area contributed by atoms with Gasteiger partial charge in [-0.3, -0.25) is 9.59 Å². The first kappa shape index (κ1) is 22.2. The van der Waals surface area contributed by atoms with Crippen LogP contribution in [0.3, 0.4) is 0 Å². The van der Waals surface area contributed by atoms with E-state index in [2.05, 4.69) is 24.5 Å². The lowest BCUT2D eigenvalue weighted by Crippen LogP contribution is -2.32. The molecule has 3 rings (SSSR count). The number of ether oxygens (including phenoxy) is 1. The fraction of sp³-hybridized carbons (Fsp3) is 0.280. The van der Waals surface area contributed by atoms with Gasteiger partial charge in [-0.1, -0.05) is 45.0 Å². The highest BCUT2D eigenvalue weighted by Crippen LogP contribution is 2.29. The highest BCUT2D eigenvalue weighted by atomic mass is 16.5. The van der Waals surface area contributed by atoms with E-state index in [1.165, 1.54) is 6.26 Å². The van der Waals surface area contributed by atoms with E-state index in [4.69, 9.17) is 9.15 Å². The second kappa shape index (κ2) is 10.5. The molecule has 6 heteroatoms. The topological polar surface area (TPSA) is 80.6 Å². The third-order valence-electron chi connectivity index (χ3n) is 5.13. The molecule has 1 heterocycles. The van der Waals surface area contributed by atoms with E-state index in [9.17, 15) is 9.59 Å². The maximum atomic E-state index is 12.9. The Labute approximate surface area is 182 Å². The summed E-state index contributed by atoms with van der Waals surface area (Å²) in [4.78, 5) is 25.0. The van der Waals surface area contributed by atoms with Crippen molar-refractivity contribution in [2.45, 2.75) is 45.6 Å². The van der Waals surface area contributed by atoms with Gasteiger partial charge in [0, 0.05) is 11.4 Å². The fourth-order valence-corrected chi connectivity index (χ4v) is 3.19. The van der Waals surface area contributed by atoms with Gasteiger partial charge in [0.15, 0.2) is 11.9 Å². The summed E-state index contributed by atoms with van der Waals surface area (Å²) >= 11 is 0. The summed E-state index contributed by atoms with van der Waals surface area (Å²) in [5, 5.41) is 5.64. The fourth-order valence-electron chi connectivity index (χ4n) is 3.19. The van der Waals surface area contributed by atoms with Crippen LogP contribution in [0, 0.1) is 0 Å². The summed E-state index contributed by atoms with van der Waals surface area (Å²) in [7, 11) is 0. The van der Waals surface area contributed by atoms with Crippen molar-refractivity contribution < 1.29 is 18.7 Å². The van der Waals surface area contributed by atoms with Gasteiger partial charge in [-0.05, 0) is 60.7 Å². The van der Waals surface area contributed by atoms with Crippen molar-refractivity contribution in [1.82, 2.24) is 0 Å². The van der Waals surface area contributed by atoms with Crippen LogP contribution >= 0.6 is 0 Å². The number of carbonyl (C=O) groups is 2. The van der Waals surface area contributed by atoms with Gasteiger partial charge >= 0.3 is 0 Å². The molecule has 6 nitrogen and oxygen atoms in total. The molecule has 0 spiro atoms. The first-order valence-electron chi connectivity index (χ1n) is 10.5. The highest BCUT2D eigenvalue weighted by Gasteiger charge is 2.21. The molecule has 0 saturated carbocycles. The number of anilines is 2. The predicted octanol–water partition coefficient (Wildman–Crippen LogP) is 5.84. The van der Waals surface area contributed by atoms with Gasteiger partial charge in [-0.25, -0.2) is 0 Å². The summed E-state index contributed by atoms with van der Waals surface area (Å²) in [5.41, 5.74) is 2.22. The quantitative estimate of drug-likeness (QED) is 0.456. The van der Waals surface area contributed by atoms with Gasteiger partial charge in [0.2, 0.25) is 0 Å². The number of amides is 2. The zero-order valence-electron chi connectivity index (χ0n) is 18.1. The van der Waals surface area contributed by atoms with Crippen LogP contribution in [0.4, 0.5) is 11.4 Å². The standard InChI is InChI=1S/C25H28N2O4/c1-4-17(3)20-12-6-7-13-22(20)31-21(5-2)24(28)26-18-10-8-11-19(16-18)27-25(29)23-14-9-15-30-23/h6-17,21H,4-5H2,1-3H3,(H,26,28)(H,27,29). The lowest BCUT2D eigenvalue weighted by atomic mass is 9.98. The van der Waals surface area contributed by atoms with E-state index in [1.807, 2.05) is 31.2 Å². The molecular weight excluding hydrogens is 392 g/mol. The molecular formula is C25H28N2O4. The number of benzene rings is 2. The average molecular weight is 421 g/mol. The van der Waals surface area contributed by atoms with E-state index >= 15 is 0 Å². The molecule has 31 heavy (non-hydrogen) atoms. The number of nitrogens with one attached hydrogen (secondary N) is 2. The molecule has 1 aromatic heterocycles. The summed E-state index contributed by atoms with van der Waals surface area (Å²) < 4.78 is 11.2. The minimum atomic E-state index is -0.633. The van der Waals surface area contributed by atoms with Crippen LogP contribution in [0.15, 0.2) is 71.3 Å². The summed E-state index contributed by atoms with van der Waals surface area (Å²) in [6.45, 7) is 6.19. The SMILES string of the molecule is CCC(Oc1ccccc1C(C)CC)C(=O)Nc1cccc(NC(=O)c2ccco2)c1. The molecule has 2 atom stereocenters. The molecule has 0 bridgehead atoms. The Morgan fingerprint density at radius 3 is 2.35 bits per heavy atom. The Bertz CT molecular complexity index is 1010. The van der Waals surface area contributed by atoms with Crippen LogP contribution in [0.25, 0.3) is 0 Å². The Morgan fingerprint density at radius 1 is 0.935 bits per heavy atom. The van der Waals surface area contributed by atoms with Gasteiger partial charge in [-0.2, -0.15) is 0 Å². The molecule has 0 aliphatic heterocycles. The maximum absolute atomic E-state index is 12.9. The number of furan rings is 1. The van der Waals surface area contributed by atoms with E-state index in [0.29, 0.717) is 23.7 Å². The molecule has 162 valence electrons. The monoisotopic (exact) mass is 420 g/mol. The molecule has 0 aliphatic carbocycles. The lowest BCUT2D eigenvalue weighted by Gasteiger charge is -2.21. The number of hydrogen-bond donors (Lipinski definition) is 2. The number of rotatable bonds is 9. The maximum Gasteiger partial charge on any atom is 0.291 e. The molecule has 0 aliphatic rings. The molecule has 0 saturated heterocycles. The van der Waals surface area contributed by atoms with Crippen molar-refractivity contribution in [3.8, 4) is 5.75 Å². The van der Waals surface area contributed by atoms with Gasteiger partial charge in [0.1, 0.15) is 5.75 Å². The predicted molar refractivity (Wildman–Crippen MR) is 122 cm³/mol. The lowest BCUT2D eigenvalue weighted by molar-refractivity contribution is -0.122. The molecule has 2 amide bonds. The molecule has 0 fully saturated rings. The van der Waals surface area contributed by atoms with Gasteiger partial charge in [0.25, 0.3) is 11.8 Å². The second-order valence-electron chi connectivity index (χ2n) is 7.36.